The summed E-state index contributed by atoms with van der Waals surface area (Å²) < 4.78 is 26.3. The lowest BCUT2D eigenvalue weighted by Gasteiger charge is -2.26. The molecule has 2 N–H and O–H groups in total. The van der Waals surface area contributed by atoms with Gasteiger partial charge in [-0.15, -0.1) is 0 Å². The van der Waals surface area contributed by atoms with Gasteiger partial charge in [-0.3, -0.25) is 0 Å². The largest absolute Gasteiger partial charge is 0.507 e. The monoisotopic (exact) mass is 333 g/mol. The molecule has 0 radical (unpaired) electrons. The number of carboxylic acid groups (broad SMARTS) is 1. The summed E-state index contributed by atoms with van der Waals surface area (Å²) in [5.74, 6) is -1.18. The lowest BCUT2D eigenvalue weighted by Crippen LogP contribution is -2.38. The second-order valence-corrected chi connectivity index (χ2v) is 7.43. The van der Waals surface area contributed by atoms with Crippen LogP contribution >= 0.6 is 11.8 Å². The van der Waals surface area contributed by atoms with Crippen molar-refractivity contribution in [3.8, 4) is 5.75 Å². The summed E-state index contributed by atoms with van der Waals surface area (Å²) in [6.07, 6.45) is 2.55. The van der Waals surface area contributed by atoms with Crippen molar-refractivity contribution in [2.75, 3.05) is 19.1 Å². The number of carboxylic acids is 1. The molecule has 6 nitrogen and oxygen atoms in total. The first-order valence-corrected chi connectivity index (χ1v) is 9.12. The molecule has 1 aromatic carbocycles. The molecular weight excluding hydrogens is 314 g/mol. The third-order valence-corrected chi connectivity index (χ3v) is 5.84. The van der Waals surface area contributed by atoms with Crippen LogP contribution in [0.2, 0.25) is 0 Å². The zero-order chi connectivity index (χ0) is 16.2. The van der Waals surface area contributed by atoms with Crippen LogP contribution < -0.4 is 0 Å². The maximum Gasteiger partial charge on any atom is 0.339 e. The zero-order valence-electron chi connectivity index (χ0n) is 12.1. The molecule has 21 heavy (non-hydrogen) atoms. The number of aromatic hydroxyl groups is 1. The molecule has 0 bridgehead atoms. The van der Waals surface area contributed by atoms with Crippen LogP contribution in [-0.4, -0.2) is 54.0 Å². The summed E-state index contributed by atoms with van der Waals surface area (Å²) in [6, 6.07) is 3.10. The minimum absolute atomic E-state index is 0.139. The highest BCUT2D eigenvalue weighted by atomic mass is 32.2. The normalized spacial score (nSPS) is 13.3. The third kappa shape index (κ3) is 3.90. The molecule has 8 heteroatoms. The van der Waals surface area contributed by atoms with Gasteiger partial charge in [-0.2, -0.15) is 16.1 Å². The van der Waals surface area contributed by atoms with E-state index in [1.165, 1.54) is 17.4 Å². The molecule has 0 spiro atoms. The Kier molecular flexibility index (Phi) is 6.06. The molecule has 0 aliphatic carbocycles. The highest BCUT2D eigenvalue weighted by Crippen LogP contribution is 2.25. The van der Waals surface area contributed by atoms with E-state index in [1.807, 2.05) is 13.2 Å². The van der Waals surface area contributed by atoms with E-state index < -0.39 is 27.3 Å². The minimum Gasteiger partial charge on any atom is -0.507 e. The van der Waals surface area contributed by atoms with E-state index >= 15 is 0 Å². The fourth-order valence-electron chi connectivity index (χ4n) is 1.88. The van der Waals surface area contributed by atoms with Gasteiger partial charge in [0, 0.05) is 18.8 Å². The van der Waals surface area contributed by atoms with Gasteiger partial charge in [-0.25, -0.2) is 13.2 Å². The molecule has 1 atom stereocenters. The molecule has 1 aromatic rings. The predicted molar refractivity (Wildman–Crippen MR) is 82.5 cm³/mol. The topological polar surface area (TPSA) is 94.9 Å². The standard InChI is InChI=1S/C13H19NO5S2/c1-4-9(8-20-3)14(2)21(18,19)10-5-6-12(15)11(7-10)13(16)17/h5-7,9,15H,4,8H2,1-3H3,(H,16,17). The Morgan fingerprint density at radius 3 is 2.52 bits per heavy atom. The molecule has 0 amide bonds. The number of hydrogen-bond donors (Lipinski definition) is 2. The number of benzene rings is 1. The lowest BCUT2D eigenvalue weighted by molar-refractivity contribution is 0.0693. The van der Waals surface area contributed by atoms with E-state index in [1.54, 1.807) is 11.8 Å². The van der Waals surface area contributed by atoms with E-state index in [4.69, 9.17) is 5.11 Å². The first-order chi connectivity index (χ1) is 9.75. The molecule has 118 valence electrons. The number of aromatic carboxylic acids is 1. The smallest absolute Gasteiger partial charge is 0.339 e. The Balaban J connectivity index is 3.24. The van der Waals surface area contributed by atoms with Crippen molar-refractivity contribution in [3.05, 3.63) is 23.8 Å². The van der Waals surface area contributed by atoms with Crippen LogP contribution in [-0.2, 0) is 10.0 Å². The van der Waals surface area contributed by atoms with Crippen LogP contribution in [0, 0.1) is 0 Å². The Labute approximate surface area is 128 Å². The molecule has 0 heterocycles. The van der Waals surface area contributed by atoms with Gasteiger partial charge in [-0.1, -0.05) is 6.92 Å². The van der Waals surface area contributed by atoms with Crippen molar-refractivity contribution in [1.82, 2.24) is 4.31 Å². The molecule has 0 aromatic heterocycles. The summed E-state index contributed by atoms with van der Waals surface area (Å²) in [5.41, 5.74) is -0.428. The minimum atomic E-state index is -3.80. The molecule has 0 aliphatic heterocycles. The van der Waals surface area contributed by atoms with Gasteiger partial charge in [0.1, 0.15) is 11.3 Å². The molecule has 0 fully saturated rings. The second kappa shape index (κ2) is 7.15. The van der Waals surface area contributed by atoms with Gasteiger partial charge < -0.3 is 10.2 Å². The fraction of sp³-hybridized carbons (Fsp3) is 0.462. The van der Waals surface area contributed by atoms with Crippen molar-refractivity contribution < 1.29 is 23.4 Å². The maximum absolute atomic E-state index is 12.5. The Bertz CT molecular complexity index is 615. The zero-order valence-corrected chi connectivity index (χ0v) is 13.7. The van der Waals surface area contributed by atoms with E-state index in [-0.39, 0.29) is 10.9 Å². The van der Waals surface area contributed by atoms with Gasteiger partial charge >= 0.3 is 5.97 Å². The highest BCUT2D eigenvalue weighted by Gasteiger charge is 2.28. The van der Waals surface area contributed by atoms with Crippen LogP contribution in [0.3, 0.4) is 0 Å². The molecule has 1 unspecified atom stereocenters. The van der Waals surface area contributed by atoms with Crippen molar-refractivity contribution in [2.24, 2.45) is 0 Å². The molecule has 1 rings (SSSR count). The van der Waals surface area contributed by atoms with E-state index in [0.717, 1.165) is 12.1 Å². The number of sulfonamides is 1. The summed E-state index contributed by atoms with van der Waals surface area (Å²) in [4.78, 5) is 10.9. The average Bonchev–Trinajstić information content (AvgIpc) is 2.43. The van der Waals surface area contributed by atoms with Gasteiger partial charge in [0.05, 0.1) is 4.90 Å². The number of hydrogen-bond acceptors (Lipinski definition) is 5. The molecule has 0 saturated carbocycles. The Hall–Kier alpha value is -1.25. The first-order valence-electron chi connectivity index (χ1n) is 6.29. The summed E-state index contributed by atoms with van der Waals surface area (Å²) in [5, 5.41) is 18.4. The molecule has 0 saturated heterocycles. The molecular formula is C13H19NO5S2. The van der Waals surface area contributed by atoms with Crippen LogP contribution in [0.25, 0.3) is 0 Å². The lowest BCUT2D eigenvalue weighted by atomic mass is 10.2. The first kappa shape index (κ1) is 17.8. The van der Waals surface area contributed by atoms with Crippen LogP contribution in [0.15, 0.2) is 23.1 Å². The number of carbonyl (C=O) groups is 1. The number of nitrogens with zero attached hydrogens (tertiary/aromatic N) is 1. The summed E-state index contributed by atoms with van der Waals surface area (Å²) in [6.45, 7) is 1.90. The van der Waals surface area contributed by atoms with Gasteiger partial charge in [-0.05, 0) is 30.9 Å². The van der Waals surface area contributed by atoms with Crippen LogP contribution in [0.4, 0.5) is 0 Å². The number of thioether (sulfide) groups is 1. The third-order valence-electron chi connectivity index (χ3n) is 3.22. The Morgan fingerprint density at radius 2 is 2.05 bits per heavy atom. The number of rotatable bonds is 7. The van der Waals surface area contributed by atoms with Crippen molar-refractivity contribution in [3.63, 3.8) is 0 Å². The van der Waals surface area contributed by atoms with Crippen molar-refractivity contribution in [2.45, 2.75) is 24.3 Å². The maximum atomic E-state index is 12.5. The van der Waals surface area contributed by atoms with Gasteiger partial charge in [0.25, 0.3) is 0 Å². The van der Waals surface area contributed by atoms with Gasteiger partial charge in [0.15, 0.2) is 0 Å². The van der Waals surface area contributed by atoms with E-state index in [9.17, 15) is 18.3 Å². The van der Waals surface area contributed by atoms with Crippen LogP contribution in [0.1, 0.15) is 23.7 Å². The summed E-state index contributed by atoms with van der Waals surface area (Å²) >= 11 is 1.54. The highest BCUT2D eigenvalue weighted by molar-refractivity contribution is 7.98. The Morgan fingerprint density at radius 1 is 1.43 bits per heavy atom. The van der Waals surface area contributed by atoms with E-state index in [2.05, 4.69) is 0 Å². The summed E-state index contributed by atoms with van der Waals surface area (Å²) in [7, 11) is -2.32. The van der Waals surface area contributed by atoms with Crippen molar-refractivity contribution in [1.29, 1.82) is 0 Å². The fourth-order valence-corrected chi connectivity index (χ4v) is 4.28. The quantitative estimate of drug-likeness (QED) is 0.791. The van der Waals surface area contributed by atoms with Gasteiger partial charge in [0.2, 0.25) is 10.0 Å². The second-order valence-electron chi connectivity index (χ2n) is 4.52. The van der Waals surface area contributed by atoms with Crippen molar-refractivity contribution >= 4 is 27.8 Å². The SMILES string of the molecule is CCC(CSC)N(C)S(=O)(=O)c1ccc(O)c(C(=O)O)c1. The van der Waals surface area contributed by atoms with Crippen LogP contribution in [0.5, 0.6) is 5.75 Å². The average molecular weight is 333 g/mol. The molecule has 0 aliphatic rings. The predicted octanol–water partition coefficient (Wildman–Crippen LogP) is 1.85. The van der Waals surface area contributed by atoms with E-state index in [0.29, 0.717) is 12.2 Å². The number of phenols is 1.